The first kappa shape index (κ1) is 16.8. The second-order valence-corrected chi connectivity index (χ2v) is 6.31. The van der Waals surface area contributed by atoms with E-state index >= 15 is 0 Å². The van der Waals surface area contributed by atoms with E-state index in [1.54, 1.807) is 7.11 Å². The van der Waals surface area contributed by atoms with Crippen LogP contribution in [0.3, 0.4) is 0 Å². The highest BCUT2D eigenvalue weighted by atomic mass is 16.5. The van der Waals surface area contributed by atoms with Crippen LogP contribution in [0.15, 0.2) is 18.2 Å². The van der Waals surface area contributed by atoms with Gasteiger partial charge in [-0.1, -0.05) is 33.8 Å². The van der Waals surface area contributed by atoms with Crippen molar-refractivity contribution in [2.75, 3.05) is 20.3 Å². The highest BCUT2D eigenvalue weighted by Gasteiger charge is 2.17. The minimum absolute atomic E-state index is 0.209. The summed E-state index contributed by atoms with van der Waals surface area (Å²) in [6.07, 6.45) is 1.03. The van der Waals surface area contributed by atoms with Crippen LogP contribution in [0.5, 0.6) is 11.5 Å². The maximum absolute atomic E-state index is 6.00. The molecule has 0 fully saturated rings. The Morgan fingerprint density at radius 3 is 2.40 bits per heavy atom. The Labute approximate surface area is 123 Å². The normalized spacial score (nSPS) is 13.1. The molecule has 0 aromatic heterocycles. The first-order valence-electron chi connectivity index (χ1n) is 7.42. The van der Waals surface area contributed by atoms with Gasteiger partial charge < -0.3 is 14.8 Å². The van der Waals surface area contributed by atoms with Crippen LogP contribution in [-0.2, 0) is 0 Å². The van der Waals surface area contributed by atoms with Gasteiger partial charge in [-0.25, -0.2) is 0 Å². The fourth-order valence-electron chi connectivity index (χ4n) is 2.13. The second kappa shape index (κ2) is 7.53. The number of nitrogens with one attached hydrogen (secondary N) is 1. The molecule has 1 N–H and O–H groups in total. The van der Waals surface area contributed by atoms with Crippen molar-refractivity contribution < 1.29 is 9.47 Å². The molecule has 0 aliphatic carbocycles. The Morgan fingerprint density at radius 1 is 1.20 bits per heavy atom. The lowest BCUT2D eigenvalue weighted by molar-refractivity contribution is 0.238. The molecule has 1 rings (SSSR count). The lowest BCUT2D eigenvalue weighted by Gasteiger charge is -2.22. The average molecular weight is 279 g/mol. The molecule has 0 spiro atoms. The molecular formula is C17H29NO2. The molecule has 1 aromatic carbocycles. The van der Waals surface area contributed by atoms with Gasteiger partial charge in [0.1, 0.15) is 11.5 Å². The lowest BCUT2D eigenvalue weighted by Crippen LogP contribution is -2.20. The Kier molecular flexibility index (Phi) is 6.34. The molecule has 0 radical (unpaired) electrons. The van der Waals surface area contributed by atoms with Crippen molar-refractivity contribution in [2.24, 2.45) is 5.41 Å². The summed E-state index contributed by atoms with van der Waals surface area (Å²) in [5, 5.41) is 3.42. The van der Waals surface area contributed by atoms with Crippen LogP contribution in [0, 0.1) is 5.41 Å². The van der Waals surface area contributed by atoms with Crippen molar-refractivity contribution >= 4 is 0 Å². The predicted molar refractivity (Wildman–Crippen MR) is 84.7 cm³/mol. The van der Waals surface area contributed by atoms with Crippen molar-refractivity contribution in [3.8, 4) is 11.5 Å². The zero-order chi connectivity index (χ0) is 15.2. The van der Waals surface area contributed by atoms with Gasteiger partial charge in [-0.3, -0.25) is 0 Å². The van der Waals surface area contributed by atoms with Crippen molar-refractivity contribution in [1.82, 2.24) is 5.32 Å². The third-order valence-electron chi connectivity index (χ3n) is 3.30. The van der Waals surface area contributed by atoms with Crippen LogP contribution in [0.25, 0.3) is 0 Å². The SMILES string of the molecule is CCNC(C)c1c(OC)cccc1OCCC(C)(C)C. The minimum Gasteiger partial charge on any atom is -0.496 e. The second-order valence-electron chi connectivity index (χ2n) is 6.31. The molecule has 20 heavy (non-hydrogen) atoms. The fraction of sp³-hybridized carbons (Fsp3) is 0.647. The Balaban J connectivity index is 2.88. The first-order valence-corrected chi connectivity index (χ1v) is 7.42. The third-order valence-corrected chi connectivity index (χ3v) is 3.30. The molecule has 0 saturated heterocycles. The van der Waals surface area contributed by atoms with Gasteiger partial charge in [0, 0.05) is 6.04 Å². The summed E-state index contributed by atoms with van der Waals surface area (Å²) >= 11 is 0. The molecule has 1 atom stereocenters. The molecule has 0 heterocycles. The summed E-state index contributed by atoms with van der Waals surface area (Å²) in [6.45, 7) is 12.6. The maximum Gasteiger partial charge on any atom is 0.127 e. The molecule has 3 nitrogen and oxygen atoms in total. The third kappa shape index (κ3) is 5.04. The number of hydrogen-bond acceptors (Lipinski definition) is 3. The standard InChI is InChI=1S/C17H29NO2/c1-7-18-13(2)16-14(19-6)9-8-10-15(16)20-12-11-17(3,4)5/h8-10,13,18H,7,11-12H2,1-6H3. The molecule has 0 saturated carbocycles. The Hall–Kier alpha value is -1.22. The van der Waals surface area contributed by atoms with E-state index in [0.717, 1.165) is 36.6 Å². The Bertz CT molecular complexity index is 410. The summed E-state index contributed by atoms with van der Waals surface area (Å²) in [6, 6.07) is 6.20. The van der Waals surface area contributed by atoms with E-state index in [-0.39, 0.29) is 11.5 Å². The number of rotatable bonds is 7. The van der Waals surface area contributed by atoms with Crippen LogP contribution >= 0.6 is 0 Å². The van der Waals surface area contributed by atoms with E-state index in [2.05, 4.69) is 39.9 Å². The summed E-state index contributed by atoms with van der Waals surface area (Å²) in [4.78, 5) is 0. The molecule has 0 bridgehead atoms. The van der Waals surface area contributed by atoms with E-state index < -0.39 is 0 Å². The smallest absolute Gasteiger partial charge is 0.127 e. The molecule has 1 unspecified atom stereocenters. The topological polar surface area (TPSA) is 30.5 Å². The first-order chi connectivity index (χ1) is 9.39. The minimum atomic E-state index is 0.209. The summed E-state index contributed by atoms with van der Waals surface area (Å²) in [5.74, 6) is 1.80. The highest BCUT2D eigenvalue weighted by Crippen LogP contribution is 2.34. The van der Waals surface area contributed by atoms with E-state index in [4.69, 9.17) is 9.47 Å². The van der Waals surface area contributed by atoms with E-state index in [1.165, 1.54) is 0 Å². The molecular weight excluding hydrogens is 250 g/mol. The van der Waals surface area contributed by atoms with E-state index in [0.29, 0.717) is 0 Å². The summed E-state index contributed by atoms with van der Waals surface area (Å²) in [7, 11) is 1.70. The van der Waals surface area contributed by atoms with Crippen LogP contribution in [-0.4, -0.2) is 20.3 Å². The molecule has 1 aromatic rings. The van der Waals surface area contributed by atoms with Gasteiger partial charge in [0.2, 0.25) is 0 Å². The van der Waals surface area contributed by atoms with Gasteiger partial charge in [-0.05, 0) is 37.4 Å². The van der Waals surface area contributed by atoms with Gasteiger partial charge in [-0.2, -0.15) is 0 Å². The van der Waals surface area contributed by atoms with Crippen LogP contribution in [0.2, 0.25) is 0 Å². The zero-order valence-corrected chi connectivity index (χ0v) is 13.7. The summed E-state index contributed by atoms with van der Waals surface area (Å²) in [5.41, 5.74) is 1.39. The van der Waals surface area contributed by atoms with Gasteiger partial charge in [0.25, 0.3) is 0 Å². The van der Waals surface area contributed by atoms with Gasteiger partial charge in [-0.15, -0.1) is 0 Å². The molecule has 3 heteroatoms. The number of methoxy groups -OCH3 is 1. The molecule has 114 valence electrons. The quantitative estimate of drug-likeness (QED) is 0.812. The lowest BCUT2D eigenvalue weighted by atomic mass is 9.93. The van der Waals surface area contributed by atoms with E-state index in [1.807, 2.05) is 18.2 Å². The maximum atomic E-state index is 6.00. The van der Waals surface area contributed by atoms with Gasteiger partial charge >= 0.3 is 0 Å². The number of hydrogen-bond donors (Lipinski definition) is 1. The van der Waals surface area contributed by atoms with Crippen molar-refractivity contribution in [3.05, 3.63) is 23.8 Å². The van der Waals surface area contributed by atoms with Crippen molar-refractivity contribution in [1.29, 1.82) is 0 Å². The molecule has 0 amide bonds. The predicted octanol–water partition coefficient (Wildman–Crippen LogP) is 4.18. The average Bonchev–Trinajstić information content (AvgIpc) is 2.37. The van der Waals surface area contributed by atoms with E-state index in [9.17, 15) is 0 Å². The highest BCUT2D eigenvalue weighted by molar-refractivity contribution is 5.46. The van der Waals surface area contributed by atoms with Crippen LogP contribution < -0.4 is 14.8 Å². The van der Waals surface area contributed by atoms with Crippen molar-refractivity contribution in [2.45, 2.75) is 47.1 Å². The Morgan fingerprint density at radius 2 is 1.85 bits per heavy atom. The fourth-order valence-corrected chi connectivity index (χ4v) is 2.13. The summed E-state index contributed by atoms with van der Waals surface area (Å²) < 4.78 is 11.5. The number of ether oxygens (including phenoxy) is 2. The largest absolute Gasteiger partial charge is 0.496 e. The van der Waals surface area contributed by atoms with Crippen LogP contribution in [0.4, 0.5) is 0 Å². The zero-order valence-electron chi connectivity index (χ0n) is 13.7. The molecule has 0 aliphatic heterocycles. The number of benzene rings is 1. The van der Waals surface area contributed by atoms with Crippen molar-refractivity contribution in [3.63, 3.8) is 0 Å². The monoisotopic (exact) mass is 279 g/mol. The van der Waals surface area contributed by atoms with Gasteiger partial charge in [0.05, 0.1) is 19.3 Å². The van der Waals surface area contributed by atoms with Gasteiger partial charge in [0.15, 0.2) is 0 Å². The molecule has 0 aliphatic rings. The van der Waals surface area contributed by atoms with Crippen LogP contribution in [0.1, 0.15) is 52.6 Å².